The number of hydrogen-bond donors (Lipinski definition) is 3. The van der Waals surface area contributed by atoms with Crippen LogP contribution in [0.5, 0.6) is 0 Å². The van der Waals surface area contributed by atoms with E-state index in [1.807, 2.05) is 6.92 Å². The molecule has 1 aromatic heterocycles. The lowest BCUT2D eigenvalue weighted by molar-refractivity contribution is -0.139. The Bertz CT molecular complexity index is 593. The minimum atomic E-state index is -1.08. The summed E-state index contributed by atoms with van der Waals surface area (Å²) < 4.78 is 0. The molecule has 0 bridgehead atoms. The summed E-state index contributed by atoms with van der Waals surface area (Å²) in [6.07, 6.45) is 0.289. The van der Waals surface area contributed by atoms with E-state index in [-0.39, 0.29) is 18.2 Å². The Hall–Kier alpha value is -1.89. The number of aryl methyl sites for hydroxylation is 1. The molecule has 1 unspecified atom stereocenters. The van der Waals surface area contributed by atoms with Gasteiger partial charge in [-0.25, -0.2) is 4.79 Å². The second kappa shape index (κ2) is 7.40. The largest absolute Gasteiger partial charge is 0.480 e. The van der Waals surface area contributed by atoms with E-state index in [0.717, 1.165) is 10.4 Å². The molecule has 2 amide bonds. The van der Waals surface area contributed by atoms with Gasteiger partial charge in [-0.15, -0.1) is 11.3 Å². The fourth-order valence-electron chi connectivity index (χ4n) is 1.81. The van der Waals surface area contributed by atoms with Gasteiger partial charge in [0.1, 0.15) is 11.0 Å². The topological polar surface area (TPSA) is 95.5 Å². The van der Waals surface area contributed by atoms with Crippen LogP contribution in [0.15, 0.2) is 0 Å². The molecule has 122 valence electrons. The Morgan fingerprint density at radius 3 is 2.27 bits per heavy atom. The first-order valence-electron chi connectivity index (χ1n) is 7.13. The number of nitrogens with one attached hydrogen (secondary N) is 2. The van der Waals surface area contributed by atoms with Crippen molar-refractivity contribution in [3.63, 3.8) is 0 Å². The number of amides is 2. The standard InChI is InChI=1S/C15H22N2O4S/c1-6-10(15(20)21)16-13(19)11-8(4)9(5)22-14(11)17-12(18)7(2)3/h7,10H,6H2,1-5H3,(H,16,19)(H,17,18)(H,20,21). The zero-order valence-electron chi connectivity index (χ0n) is 13.4. The third-order valence-corrected chi connectivity index (χ3v) is 4.51. The molecule has 3 N–H and O–H groups in total. The third-order valence-electron chi connectivity index (χ3n) is 3.39. The number of carbonyl (C=O) groups is 3. The lowest BCUT2D eigenvalue weighted by Gasteiger charge is -2.14. The molecule has 1 rings (SSSR count). The molecule has 1 aromatic rings. The van der Waals surface area contributed by atoms with Crippen LogP contribution in [0.4, 0.5) is 5.00 Å². The van der Waals surface area contributed by atoms with Gasteiger partial charge >= 0.3 is 5.97 Å². The minimum Gasteiger partial charge on any atom is -0.480 e. The summed E-state index contributed by atoms with van der Waals surface area (Å²) in [4.78, 5) is 36.2. The molecule has 6 nitrogen and oxygen atoms in total. The number of thiophene rings is 1. The molecule has 0 saturated carbocycles. The molecule has 1 atom stereocenters. The molecule has 1 heterocycles. The normalized spacial score (nSPS) is 12.1. The molecule has 0 aliphatic carbocycles. The van der Waals surface area contributed by atoms with Crippen LogP contribution in [0.3, 0.4) is 0 Å². The molecule has 7 heteroatoms. The average Bonchev–Trinajstić information content (AvgIpc) is 2.70. The van der Waals surface area contributed by atoms with Crippen molar-refractivity contribution in [1.29, 1.82) is 0 Å². The van der Waals surface area contributed by atoms with Crippen molar-refractivity contribution in [2.45, 2.75) is 47.1 Å². The molecule has 0 aliphatic heterocycles. The van der Waals surface area contributed by atoms with Crippen molar-refractivity contribution in [2.75, 3.05) is 5.32 Å². The highest BCUT2D eigenvalue weighted by molar-refractivity contribution is 7.16. The van der Waals surface area contributed by atoms with E-state index < -0.39 is 17.9 Å². The lowest BCUT2D eigenvalue weighted by atomic mass is 10.1. The second-order valence-electron chi connectivity index (χ2n) is 5.40. The van der Waals surface area contributed by atoms with Crippen molar-refractivity contribution in [3.8, 4) is 0 Å². The summed E-state index contributed by atoms with van der Waals surface area (Å²) in [6.45, 7) is 8.86. The van der Waals surface area contributed by atoms with Crippen LogP contribution >= 0.6 is 11.3 Å². The third kappa shape index (κ3) is 4.07. The second-order valence-corrected chi connectivity index (χ2v) is 6.63. The zero-order valence-corrected chi connectivity index (χ0v) is 14.3. The predicted molar refractivity (Wildman–Crippen MR) is 86.4 cm³/mol. The number of hydrogen-bond acceptors (Lipinski definition) is 4. The Labute approximate surface area is 133 Å². The van der Waals surface area contributed by atoms with Gasteiger partial charge in [0.05, 0.1) is 5.56 Å². The molecular formula is C15H22N2O4S. The number of anilines is 1. The molecule has 0 aliphatic rings. The highest BCUT2D eigenvalue weighted by Gasteiger charge is 2.25. The first-order valence-corrected chi connectivity index (χ1v) is 7.95. The zero-order chi connectivity index (χ0) is 17.0. The van der Waals surface area contributed by atoms with Crippen LogP contribution in [0, 0.1) is 19.8 Å². The molecule has 0 aromatic carbocycles. The van der Waals surface area contributed by atoms with E-state index in [4.69, 9.17) is 5.11 Å². The van der Waals surface area contributed by atoms with Crippen molar-refractivity contribution < 1.29 is 19.5 Å². The Kier molecular flexibility index (Phi) is 6.11. The Morgan fingerprint density at radius 2 is 1.82 bits per heavy atom. The van der Waals surface area contributed by atoms with E-state index in [2.05, 4.69) is 10.6 Å². The van der Waals surface area contributed by atoms with Gasteiger partial charge < -0.3 is 15.7 Å². The number of rotatable bonds is 6. The molecule has 0 saturated heterocycles. The number of carboxylic acid groups (broad SMARTS) is 1. The van der Waals surface area contributed by atoms with E-state index in [1.54, 1.807) is 27.7 Å². The van der Waals surface area contributed by atoms with Gasteiger partial charge in [-0.1, -0.05) is 20.8 Å². The maximum Gasteiger partial charge on any atom is 0.326 e. The molecule has 0 radical (unpaired) electrons. The number of carbonyl (C=O) groups excluding carboxylic acids is 2. The molecule has 0 fully saturated rings. The highest BCUT2D eigenvalue weighted by Crippen LogP contribution is 2.32. The van der Waals surface area contributed by atoms with Crippen molar-refractivity contribution in [3.05, 3.63) is 16.0 Å². The van der Waals surface area contributed by atoms with Gasteiger partial charge in [-0.05, 0) is 25.8 Å². The molecular weight excluding hydrogens is 304 g/mol. The van der Waals surface area contributed by atoms with Crippen LogP contribution in [0.2, 0.25) is 0 Å². The minimum absolute atomic E-state index is 0.180. The SMILES string of the molecule is CCC(NC(=O)c1c(NC(=O)C(C)C)sc(C)c1C)C(=O)O. The molecule has 22 heavy (non-hydrogen) atoms. The maximum absolute atomic E-state index is 12.4. The summed E-state index contributed by atoms with van der Waals surface area (Å²) in [5, 5.41) is 14.8. The van der Waals surface area contributed by atoms with Gasteiger partial charge in [0.25, 0.3) is 5.91 Å². The Morgan fingerprint density at radius 1 is 1.23 bits per heavy atom. The summed E-state index contributed by atoms with van der Waals surface area (Å²) in [7, 11) is 0. The first-order chi connectivity index (χ1) is 10.2. The van der Waals surface area contributed by atoms with Gasteiger partial charge in [0.15, 0.2) is 0 Å². The van der Waals surface area contributed by atoms with Gasteiger partial charge in [0, 0.05) is 10.8 Å². The van der Waals surface area contributed by atoms with Crippen LogP contribution in [0.25, 0.3) is 0 Å². The summed E-state index contributed by atoms with van der Waals surface area (Å²) >= 11 is 1.32. The summed E-state index contributed by atoms with van der Waals surface area (Å²) in [5.41, 5.74) is 1.10. The van der Waals surface area contributed by atoms with Gasteiger partial charge in [0.2, 0.25) is 5.91 Å². The van der Waals surface area contributed by atoms with E-state index in [9.17, 15) is 14.4 Å². The quantitative estimate of drug-likeness (QED) is 0.748. The van der Waals surface area contributed by atoms with E-state index >= 15 is 0 Å². The van der Waals surface area contributed by atoms with E-state index in [1.165, 1.54) is 11.3 Å². The van der Waals surface area contributed by atoms with Crippen molar-refractivity contribution >= 4 is 34.1 Å². The molecule has 0 spiro atoms. The lowest BCUT2D eigenvalue weighted by Crippen LogP contribution is -2.40. The fourth-order valence-corrected chi connectivity index (χ4v) is 2.87. The smallest absolute Gasteiger partial charge is 0.326 e. The van der Waals surface area contributed by atoms with Gasteiger partial charge in [-0.2, -0.15) is 0 Å². The first kappa shape index (κ1) is 18.2. The summed E-state index contributed by atoms with van der Waals surface area (Å²) in [5.74, 6) is -1.94. The van der Waals surface area contributed by atoms with Gasteiger partial charge in [-0.3, -0.25) is 9.59 Å². The highest BCUT2D eigenvalue weighted by atomic mass is 32.1. The number of aliphatic carboxylic acids is 1. The van der Waals surface area contributed by atoms with Crippen molar-refractivity contribution in [1.82, 2.24) is 5.32 Å². The van der Waals surface area contributed by atoms with Crippen LogP contribution in [-0.4, -0.2) is 28.9 Å². The predicted octanol–water partition coefficient (Wildman–Crippen LogP) is 2.55. The fraction of sp³-hybridized carbons (Fsp3) is 0.533. The van der Waals surface area contributed by atoms with Crippen LogP contribution in [0.1, 0.15) is 48.0 Å². The number of carboxylic acids is 1. The Balaban J connectivity index is 3.09. The summed E-state index contributed by atoms with van der Waals surface area (Å²) in [6, 6.07) is -0.944. The maximum atomic E-state index is 12.4. The average molecular weight is 326 g/mol. The van der Waals surface area contributed by atoms with E-state index in [0.29, 0.717) is 10.6 Å². The van der Waals surface area contributed by atoms with Crippen molar-refractivity contribution in [2.24, 2.45) is 5.92 Å². The monoisotopic (exact) mass is 326 g/mol. The van der Waals surface area contributed by atoms with Crippen LogP contribution in [-0.2, 0) is 9.59 Å². The van der Waals surface area contributed by atoms with Crippen LogP contribution < -0.4 is 10.6 Å².